The molecular formula is C25H27FN2O2. The minimum absolute atomic E-state index is 0.00510. The molecule has 156 valence electrons. The number of hydrogen-bond acceptors (Lipinski definition) is 4. The van der Waals surface area contributed by atoms with Gasteiger partial charge in [0.05, 0.1) is 19.4 Å². The number of pyridine rings is 1. The highest BCUT2D eigenvalue weighted by Gasteiger charge is 2.22. The molecule has 2 heterocycles. The molecule has 30 heavy (non-hydrogen) atoms. The molecule has 1 aliphatic heterocycles. The summed E-state index contributed by atoms with van der Waals surface area (Å²) in [5.41, 5.74) is 4.45. The molecule has 0 N–H and O–H groups in total. The van der Waals surface area contributed by atoms with Crippen LogP contribution in [0.4, 0.5) is 4.39 Å². The Morgan fingerprint density at radius 3 is 2.43 bits per heavy atom. The molecule has 1 fully saturated rings. The van der Waals surface area contributed by atoms with Crippen molar-refractivity contribution in [1.29, 1.82) is 0 Å². The molecule has 4 nitrogen and oxygen atoms in total. The van der Waals surface area contributed by atoms with E-state index in [2.05, 4.69) is 34.1 Å². The molecule has 3 aromatic rings. The van der Waals surface area contributed by atoms with Crippen molar-refractivity contribution in [3.8, 4) is 5.75 Å². The second-order valence-corrected chi connectivity index (χ2v) is 7.65. The van der Waals surface area contributed by atoms with Crippen LogP contribution in [0.2, 0.25) is 0 Å². The summed E-state index contributed by atoms with van der Waals surface area (Å²) in [4.78, 5) is 7.09. The molecule has 1 unspecified atom stereocenters. The topological polar surface area (TPSA) is 34.6 Å². The standard InChI is InChI=1S/C25H27FN2O2/c1-29-23-9-4-19(5-10-23)12-13-28-14-15-30-25(18-28)24-11-6-21(17-27-24)16-20-2-7-22(26)8-3-20/h2-11,17,25H,12-16,18H2,1H3. The van der Waals surface area contributed by atoms with E-state index < -0.39 is 0 Å². The van der Waals surface area contributed by atoms with Crippen LogP contribution in [0, 0.1) is 5.82 Å². The number of halogens is 1. The first-order valence-electron chi connectivity index (χ1n) is 10.4. The van der Waals surface area contributed by atoms with E-state index in [-0.39, 0.29) is 11.9 Å². The summed E-state index contributed by atoms with van der Waals surface area (Å²) in [5, 5.41) is 0. The summed E-state index contributed by atoms with van der Waals surface area (Å²) in [6.07, 6.45) is 3.64. The Balaban J connectivity index is 1.31. The van der Waals surface area contributed by atoms with Crippen LogP contribution < -0.4 is 4.74 Å². The Morgan fingerprint density at radius 2 is 1.73 bits per heavy atom. The van der Waals surface area contributed by atoms with Crippen molar-refractivity contribution < 1.29 is 13.9 Å². The fourth-order valence-electron chi connectivity index (χ4n) is 3.73. The zero-order valence-corrected chi connectivity index (χ0v) is 17.3. The fourth-order valence-corrected chi connectivity index (χ4v) is 3.73. The van der Waals surface area contributed by atoms with Gasteiger partial charge in [0.2, 0.25) is 0 Å². The second kappa shape index (κ2) is 9.83. The zero-order chi connectivity index (χ0) is 20.8. The summed E-state index contributed by atoms with van der Waals surface area (Å²) < 4.78 is 24.3. The smallest absolute Gasteiger partial charge is 0.123 e. The van der Waals surface area contributed by atoms with Gasteiger partial charge < -0.3 is 9.47 Å². The molecule has 1 saturated heterocycles. The van der Waals surface area contributed by atoms with Gasteiger partial charge in [-0.1, -0.05) is 30.3 Å². The predicted octanol–water partition coefficient (Wildman–Crippen LogP) is 4.44. The van der Waals surface area contributed by atoms with Gasteiger partial charge in [0.25, 0.3) is 0 Å². The third-order valence-corrected chi connectivity index (χ3v) is 5.53. The van der Waals surface area contributed by atoms with Crippen molar-refractivity contribution in [2.45, 2.75) is 18.9 Å². The molecule has 1 aromatic heterocycles. The molecular weight excluding hydrogens is 379 g/mol. The highest BCUT2D eigenvalue weighted by molar-refractivity contribution is 5.28. The summed E-state index contributed by atoms with van der Waals surface area (Å²) in [7, 11) is 1.69. The maximum absolute atomic E-state index is 13.1. The van der Waals surface area contributed by atoms with Crippen molar-refractivity contribution in [2.24, 2.45) is 0 Å². The highest BCUT2D eigenvalue weighted by Crippen LogP contribution is 2.22. The molecule has 0 aliphatic carbocycles. The van der Waals surface area contributed by atoms with Gasteiger partial charge in [0.15, 0.2) is 0 Å². The van der Waals surface area contributed by atoms with Gasteiger partial charge in [-0.2, -0.15) is 0 Å². The second-order valence-electron chi connectivity index (χ2n) is 7.65. The molecule has 0 radical (unpaired) electrons. The molecule has 0 spiro atoms. The third kappa shape index (κ3) is 5.43. The van der Waals surface area contributed by atoms with Crippen LogP contribution in [-0.4, -0.2) is 43.2 Å². The normalized spacial score (nSPS) is 17.1. The average Bonchev–Trinajstić information content (AvgIpc) is 2.80. The first kappa shape index (κ1) is 20.5. The molecule has 0 saturated carbocycles. The first-order chi connectivity index (χ1) is 14.7. The summed E-state index contributed by atoms with van der Waals surface area (Å²) in [5.74, 6) is 0.678. The maximum Gasteiger partial charge on any atom is 0.123 e. The lowest BCUT2D eigenvalue weighted by atomic mass is 10.1. The van der Waals surface area contributed by atoms with Crippen LogP contribution in [-0.2, 0) is 17.6 Å². The lowest BCUT2D eigenvalue weighted by molar-refractivity contribution is -0.0316. The quantitative estimate of drug-likeness (QED) is 0.581. The highest BCUT2D eigenvalue weighted by atomic mass is 19.1. The zero-order valence-electron chi connectivity index (χ0n) is 17.3. The molecule has 1 atom stereocenters. The Morgan fingerprint density at radius 1 is 1.00 bits per heavy atom. The Bertz CT molecular complexity index is 927. The Labute approximate surface area is 177 Å². The molecule has 0 amide bonds. The Kier molecular flexibility index (Phi) is 6.72. The number of morpholine rings is 1. The van der Waals surface area contributed by atoms with E-state index in [0.29, 0.717) is 6.61 Å². The van der Waals surface area contributed by atoms with E-state index in [1.165, 1.54) is 17.7 Å². The summed E-state index contributed by atoms with van der Waals surface area (Å²) in [6, 6.07) is 19.0. The summed E-state index contributed by atoms with van der Waals surface area (Å²) in [6.45, 7) is 3.50. The molecule has 2 aromatic carbocycles. The number of methoxy groups -OCH3 is 1. The largest absolute Gasteiger partial charge is 0.497 e. The van der Waals surface area contributed by atoms with Gasteiger partial charge in [0, 0.05) is 25.8 Å². The lowest BCUT2D eigenvalue weighted by Crippen LogP contribution is -2.39. The van der Waals surface area contributed by atoms with Crippen molar-refractivity contribution >= 4 is 0 Å². The number of nitrogens with zero attached hydrogens (tertiary/aromatic N) is 2. The van der Waals surface area contributed by atoms with Crippen LogP contribution in [0.15, 0.2) is 66.9 Å². The van der Waals surface area contributed by atoms with Crippen LogP contribution in [0.3, 0.4) is 0 Å². The van der Waals surface area contributed by atoms with Gasteiger partial charge in [-0.05, 0) is 59.9 Å². The number of rotatable bonds is 7. The van der Waals surface area contributed by atoms with E-state index in [1.54, 1.807) is 7.11 Å². The van der Waals surface area contributed by atoms with E-state index >= 15 is 0 Å². The number of benzene rings is 2. The molecule has 4 rings (SSSR count). The number of ether oxygens (including phenoxy) is 2. The molecule has 1 aliphatic rings. The van der Waals surface area contributed by atoms with Crippen molar-refractivity contribution in [3.05, 3.63) is 95.1 Å². The van der Waals surface area contributed by atoms with E-state index in [1.807, 2.05) is 30.5 Å². The number of aromatic nitrogens is 1. The van der Waals surface area contributed by atoms with Crippen molar-refractivity contribution in [3.63, 3.8) is 0 Å². The third-order valence-electron chi connectivity index (χ3n) is 5.53. The van der Waals surface area contributed by atoms with Crippen LogP contribution in [0.1, 0.15) is 28.5 Å². The minimum Gasteiger partial charge on any atom is -0.497 e. The lowest BCUT2D eigenvalue weighted by Gasteiger charge is -2.32. The van der Waals surface area contributed by atoms with Crippen LogP contribution >= 0.6 is 0 Å². The molecule has 0 bridgehead atoms. The van der Waals surface area contributed by atoms with Crippen LogP contribution in [0.5, 0.6) is 5.75 Å². The maximum atomic E-state index is 13.1. The van der Waals surface area contributed by atoms with Crippen LogP contribution in [0.25, 0.3) is 0 Å². The van der Waals surface area contributed by atoms with E-state index in [0.717, 1.165) is 55.0 Å². The van der Waals surface area contributed by atoms with Gasteiger partial charge in [-0.15, -0.1) is 0 Å². The van der Waals surface area contributed by atoms with Gasteiger partial charge in [-0.25, -0.2) is 4.39 Å². The van der Waals surface area contributed by atoms with E-state index in [4.69, 9.17) is 9.47 Å². The van der Waals surface area contributed by atoms with Gasteiger partial charge in [0.1, 0.15) is 17.7 Å². The first-order valence-corrected chi connectivity index (χ1v) is 10.4. The number of hydrogen-bond donors (Lipinski definition) is 0. The van der Waals surface area contributed by atoms with Crippen molar-refractivity contribution in [2.75, 3.05) is 33.4 Å². The molecule has 5 heteroatoms. The summed E-state index contributed by atoms with van der Waals surface area (Å²) >= 11 is 0. The SMILES string of the molecule is COc1ccc(CCN2CCOC(c3ccc(Cc4ccc(F)cc4)cn3)C2)cc1. The minimum atomic E-state index is -0.210. The fraction of sp³-hybridized carbons (Fsp3) is 0.320. The Hall–Kier alpha value is -2.76. The van der Waals surface area contributed by atoms with Gasteiger partial charge >= 0.3 is 0 Å². The average molecular weight is 407 g/mol. The van der Waals surface area contributed by atoms with E-state index in [9.17, 15) is 4.39 Å². The predicted molar refractivity (Wildman–Crippen MR) is 115 cm³/mol. The van der Waals surface area contributed by atoms with Crippen molar-refractivity contribution in [1.82, 2.24) is 9.88 Å². The monoisotopic (exact) mass is 406 g/mol. The van der Waals surface area contributed by atoms with Gasteiger partial charge in [-0.3, -0.25) is 9.88 Å².